The maximum atomic E-state index is 12.5. The van der Waals surface area contributed by atoms with E-state index in [1.807, 2.05) is 0 Å². The van der Waals surface area contributed by atoms with Crippen LogP contribution in [-0.2, 0) is 10.2 Å². The lowest BCUT2D eigenvalue weighted by molar-refractivity contribution is -0.132. The smallest absolute Gasteiger partial charge is 0.149 e. The number of alkyl halides is 1. The quantitative estimate of drug-likeness (QED) is 0.639. The molecule has 5 heteroatoms. The van der Waals surface area contributed by atoms with E-state index in [0.717, 1.165) is 56.4 Å². The Balaban J connectivity index is 1.43. The minimum atomic E-state index is -0.0391. The second-order valence-electron chi connectivity index (χ2n) is 9.26. The Hall–Kier alpha value is -1.20. The molecule has 2 heterocycles. The molecular formula is C23H30BrN3O. The number of fused-ring (bicyclic) bond motifs is 4. The summed E-state index contributed by atoms with van der Waals surface area (Å²) >= 11 is 3.40. The van der Waals surface area contributed by atoms with Gasteiger partial charge in [-0.1, -0.05) is 28.9 Å². The van der Waals surface area contributed by atoms with Crippen molar-refractivity contribution in [3.05, 3.63) is 29.6 Å². The second kappa shape index (κ2) is 6.94. The van der Waals surface area contributed by atoms with E-state index in [1.54, 1.807) is 0 Å². The Bertz CT molecular complexity index is 880. The SMILES string of the molecule is CCN1CCCC1c1nc2ccc(C34CCC(C(=O)CBr)(CC3)CC4)cc2[nH]1. The lowest BCUT2D eigenvalue weighted by atomic mass is 9.51. The maximum Gasteiger partial charge on any atom is 0.149 e. The number of aromatic amines is 1. The summed E-state index contributed by atoms with van der Waals surface area (Å²) in [7, 11) is 0. The number of Topliss-reactive ketones (excluding diaryl/α,β-unsaturated/α-hetero) is 1. The van der Waals surface area contributed by atoms with E-state index in [-0.39, 0.29) is 10.8 Å². The van der Waals surface area contributed by atoms with Gasteiger partial charge >= 0.3 is 0 Å². The minimum Gasteiger partial charge on any atom is -0.341 e. The summed E-state index contributed by atoms with van der Waals surface area (Å²) in [4.78, 5) is 23.6. The summed E-state index contributed by atoms with van der Waals surface area (Å²) < 4.78 is 0. The number of imidazole rings is 1. The van der Waals surface area contributed by atoms with Gasteiger partial charge in [0.15, 0.2) is 0 Å². The monoisotopic (exact) mass is 443 g/mol. The van der Waals surface area contributed by atoms with Crippen LogP contribution in [0.1, 0.15) is 75.7 Å². The third-order valence-electron chi connectivity index (χ3n) is 8.16. The summed E-state index contributed by atoms with van der Waals surface area (Å²) in [6.45, 7) is 4.51. The molecule has 4 aliphatic rings. The van der Waals surface area contributed by atoms with E-state index in [1.165, 1.54) is 30.5 Å². The first-order valence-electron chi connectivity index (χ1n) is 10.9. The molecule has 28 heavy (non-hydrogen) atoms. The van der Waals surface area contributed by atoms with E-state index >= 15 is 0 Å². The van der Waals surface area contributed by atoms with Gasteiger partial charge in [-0.3, -0.25) is 9.69 Å². The van der Waals surface area contributed by atoms with Gasteiger partial charge in [-0.15, -0.1) is 0 Å². The van der Waals surface area contributed by atoms with Crippen molar-refractivity contribution in [3.8, 4) is 0 Å². The number of halogens is 1. The predicted octanol–water partition coefficient (Wildman–Crippen LogP) is 5.28. The van der Waals surface area contributed by atoms with Gasteiger partial charge in [0.1, 0.15) is 11.6 Å². The molecule has 4 nitrogen and oxygen atoms in total. The zero-order valence-corrected chi connectivity index (χ0v) is 18.4. The zero-order chi connectivity index (χ0) is 19.4. The van der Waals surface area contributed by atoms with E-state index in [4.69, 9.17) is 4.98 Å². The van der Waals surface area contributed by atoms with Gasteiger partial charge in [0.2, 0.25) is 0 Å². The number of hydrogen-bond acceptors (Lipinski definition) is 3. The van der Waals surface area contributed by atoms with Crippen LogP contribution in [0.3, 0.4) is 0 Å². The van der Waals surface area contributed by atoms with Crippen LogP contribution < -0.4 is 0 Å². The molecule has 0 spiro atoms. The average Bonchev–Trinajstić information content (AvgIpc) is 3.40. The number of carbonyl (C=O) groups is 1. The molecule has 0 amide bonds. The molecule has 150 valence electrons. The maximum absolute atomic E-state index is 12.5. The molecule has 0 radical (unpaired) electrons. The first kappa shape index (κ1) is 18.8. The second-order valence-corrected chi connectivity index (χ2v) is 9.82. The Morgan fingerprint density at radius 2 is 2.00 bits per heavy atom. The number of aromatic nitrogens is 2. The van der Waals surface area contributed by atoms with Crippen molar-refractivity contribution >= 4 is 32.7 Å². The van der Waals surface area contributed by atoms with Crippen LogP contribution in [0.2, 0.25) is 0 Å². The van der Waals surface area contributed by atoms with Crippen molar-refractivity contribution in [2.75, 3.05) is 18.4 Å². The topological polar surface area (TPSA) is 49.0 Å². The number of carbonyl (C=O) groups excluding carboxylic acids is 1. The van der Waals surface area contributed by atoms with Gasteiger partial charge in [-0.2, -0.15) is 0 Å². The fraction of sp³-hybridized carbons (Fsp3) is 0.652. The van der Waals surface area contributed by atoms with Gasteiger partial charge in [-0.25, -0.2) is 4.98 Å². The first-order valence-corrected chi connectivity index (χ1v) is 12.0. The van der Waals surface area contributed by atoms with Crippen LogP contribution in [0.5, 0.6) is 0 Å². The van der Waals surface area contributed by atoms with E-state index in [9.17, 15) is 4.79 Å². The number of ketones is 1. The van der Waals surface area contributed by atoms with Gasteiger partial charge in [-0.05, 0) is 87.6 Å². The molecule has 2 bridgehead atoms. The van der Waals surface area contributed by atoms with Crippen molar-refractivity contribution in [3.63, 3.8) is 0 Å². The first-order chi connectivity index (χ1) is 13.6. The van der Waals surface area contributed by atoms with E-state index in [2.05, 4.69) is 50.9 Å². The molecule has 6 rings (SSSR count). The molecule has 1 N–H and O–H groups in total. The van der Waals surface area contributed by atoms with Crippen molar-refractivity contribution in [2.24, 2.45) is 5.41 Å². The third kappa shape index (κ3) is 2.80. The van der Waals surface area contributed by atoms with Crippen LogP contribution in [0.4, 0.5) is 0 Å². The number of benzene rings is 1. The normalized spacial score (nSPS) is 33.0. The summed E-state index contributed by atoms with van der Waals surface area (Å²) in [5, 5.41) is 0.513. The Morgan fingerprint density at radius 1 is 1.25 bits per heavy atom. The molecule has 1 atom stereocenters. The van der Waals surface area contributed by atoms with Gasteiger partial charge in [0, 0.05) is 5.41 Å². The fourth-order valence-corrected chi connectivity index (χ4v) is 6.80. The predicted molar refractivity (Wildman–Crippen MR) is 116 cm³/mol. The highest BCUT2D eigenvalue weighted by atomic mass is 79.9. The van der Waals surface area contributed by atoms with Crippen LogP contribution in [0, 0.1) is 5.41 Å². The summed E-state index contributed by atoms with van der Waals surface area (Å²) in [6.07, 6.45) is 9.05. The highest BCUT2D eigenvalue weighted by molar-refractivity contribution is 9.09. The van der Waals surface area contributed by atoms with E-state index in [0.29, 0.717) is 17.2 Å². The molecule has 3 saturated carbocycles. The number of H-pyrrole nitrogens is 1. The van der Waals surface area contributed by atoms with Gasteiger partial charge < -0.3 is 4.98 Å². The average molecular weight is 444 g/mol. The fourth-order valence-electron chi connectivity index (χ4n) is 6.21. The Labute approximate surface area is 175 Å². The molecular weight excluding hydrogens is 414 g/mol. The number of nitrogens with one attached hydrogen (secondary N) is 1. The number of hydrogen-bond donors (Lipinski definition) is 1. The van der Waals surface area contributed by atoms with Gasteiger partial charge in [0.25, 0.3) is 0 Å². The molecule has 4 fully saturated rings. The Morgan fingerprint density at radius 3 is 2.68 bits per heavy atom. The van der Waals surface area contributed by atoms with E-state index < -0.39 is 0 Å². The third-order valence-corrected chi connectivity index (χ3v) is 8.67. The van der Waals surface area contributed by atoms with Crippen LogP contribution in [0.15, 0.2) is 18.2 Å². The van der Waals surface area contributed by atoms with Crippen molar-refractivity contribution in [1.82, 2.24) is 14.9 Å². The largest absolute Gasteiger partial charge is 0.341 e. The molecule has 1 unspecified atom stereocenters. The van der Waals surface area contributed by atoms with Crippen LogP contribution in [0.25, 0.3) is 11.0 Å². The van der Waals surface area contributed by atoms with Gasteiger partial charge in [0.05, 0.1) is 22.4 Å². The lowest BCUT2D eigenvalue weighted by Gasteiger charge is -2.53. The number of nitrogens with zero attached hydrogens (tertiary/aromatic N) is 2. The number of rotatable bonds is 5. The molecule has 1 aliphatic heterocycles. The molecule has 3 aliphatic carbocycles. The van der Waals surface area contributed by atoms with Crippen LogP contribution in [-0.4, -0.2) is 39.1 Å². The lowest BCUT2D eigenvalue weighted by Crippen LogP contribution is -2.48. The molecule has 1 aromatic heterocycles. The summed E-state index contributed by atoms with van der Waals surface area (Å²) in [5.74, 6) is 1.56. The standard InChI is InChI=1S/C23H30BrN3O/c1-2-27-13-3-4-19(27)21-25-17-6-5-16(14-18(17)26-21)22-7-10-23(11-8-22,12-9-22)20(28)15-24/h5-6,14,19H,2-4,7-13,15H2,1H3,(H,25,26). The highest BCUT2D eigenvalue weighted by Crippen LogP contribution is 2.58. The van der Waals surface area contributed by atoms with Crippen molar-refractivity contribution in [1.29, 1.82) is 0 Å². The summed E-state index contributed by atoms with van der Waals surface area (Å²) in [5.41, 5.74) is 3.95. The summed E-state index contributed by atoms with van der Waals surface area (Å²) in [6, 6.07) is 7.33. The zero-order valence-electron chi connectivity index (χ0n) is 16.8. The van der Waals surface area contributed by atoms with Crippen molar-refractivity contribution < 1.29 is 4.79 Å². The Kier molecular flexibility index (Phi) is 4.66. The van der Waals surface area contributed by atoms with Crippen LogP contribution >= 0.6 is 15.9 Å². The highest BCUT2D eigenvalue weighted by Gasteiger charge is 2.52. The number of likely N-dealkylation sites (tertiary alicyclic amines) is 1. The molecule has 1 saturated heterocycles. The minimum absolute atomic E-state index is 0.0391. The van der Waals surface area contributed by atoms with Crippen molar-refractivity contribution in [2.45, 2.75) is 69.7 Å². The molecule has 2 aromatic rings. The molecule has 1 aromatic carbocycles.